The first-order chi connectivity index (χ1) is 12.8. The fourth-order valence-corrected chi connectivity index (χ4v) is 3.12. The number of ether oxygens (including phenoxy) is 8. The van der Waals surface area contributed by atoms with Crippen molar-refractivity contribution in [3.63, 3.8) is 0 Å². The van der Waals surface area contributed by atoms with Crippen LogP contribution >= 0.6 is 0 Å². The Hall–Kier alpha value is -0.360. The van der Waals surface area contributed by atoms with Gasteiger partial charge in [-0.2, -0.15) is 0 Å². The number of hydrogen-bond donors (Lipinski definition) is 1. The number of hydrogen-bond acceptors (Lipinski definition) is 9. The van der Waals surface area contributed by atoms with Gasteiger partial charge in [0.05, 0.1) is 46.2 Å². The zero-order valence-corrected chi connectivity index (χ0v) is 16.0. The SMILES string of the molecule is COC[C@H]1O[C@H](OC)[C@@H]2OCCOCCNCCOCCO[C@H]2[C@@H]1OC. The van der Waals surface area contributed by atoms with E-state index in [-0.39, 0.29) is 18.3 Å². The van der Waals surface area contributed by atoms with Gasteiger partial charge in [-0.3, -0.25) is 0 Å². The molecule has 0 unspecified atom stereocenters. The first-order valence-electron chi connectivity index (χ1n) is 9.11. The van der Waals surface area contributed by atoms with E-state index in [0.717, 1.165) is 13.1 Å². The molecule has 0 saturated carbocycles. The molecule has 2 fully saturated rings. The minimum absolute atomic E-state index is 0.316. The highest BCUT2D eigenvalue weighted by Crippen LogP contribution is 2.28. The van der Waals surface area contributed by atoms with Gasteiger partial charge in [-0.05, 0) is 0 Å². The van der Waals surface area contributed by atoms with E-state index in [9.17, 15) is 0 Å². The lowest BCUT2D eigenvalue weighted by Gasteiger charge is -2.44. The lowest BCUT2D eigenvalue weighted by atomic mass is 9.98. The predicted molar refractivity (Wildman–Crippen MR) is 92.3 cm³/mol. The second-order valence-corrected chi connectivity index (χ2v) is 6.08. The van der Waals surface area contributed by atoms with Crippen LogP contribution in [0, 0.1) is 0 Å². The molecule has 0 aromatic heterocycles. The molecule has 0 amide bonds. The van der Waals surface area contributed by atoms with Crippen molar-refractivity contribution in [2.45, 2.75) is 30.7 Å². The zero-order valence-electron chi connectivity index (χ0n) is 16.0. The Morgan fingerprint density at radius 3 is 2.04 bits per heavy atom. The van der Waals surface area contributed by atoms with Crippen molar-refractivity contribution in [3.05, 3.63) is 0 Å². The predicted octanol–water partition coefficient (Wildman–Crippen LogP) is -0.574. The van der Waals surface area contributed by atoms with Crippen LogP contribution < -0.4 is 5.32 Å². The smallest absolute Gasteiger partial charge is 0.186 e. The van der Waals surface area contributed by atoms with Crippen LogP contribution in [0.1, 0.15) is 0 Å². The lowest BCUT2D eigenvalue weighted by Crippen LogP contribution is -2.61. The summed E-state index contributed by atoms with van der Waals surface area (Å²) in [5.41, 5.74) is 0. The van der Waals surface area contributed by atoms with E-state index in [1.807, 2.05) is 0 Å². The van der Waals surface area contributed by atoms with Gasteiger partial charge in [0.1, 0.15) is 24.4 Å². The molecule has 0 radical (unpaired) electrons. The van der Waals surface area contributed by atoms with Crippen LogP contribution in [-0.4, -0.2) is 111 Å². The van der Waals surface area contributed by atoms with E-state index in [0.29, 0.717) is 46.2 Å². The van der Waals surface area contributed by atoms with Gasteiger partial charge in [-0.15, -0.1) is 0 Å². The largest absolute Gasteiger partial charge is 0.382 e. The third-order valence-corrected chi connectivity index (χ3v) is 4.35. The normalized spacial score (nSPS) is 35.9. The molecule has 0 aliphatic carbocycles. The molecule has 0 bridgehead atoms. The van der Waals surface area contributed by atoms with Gasteiger partial charge >= 0.3 is 0 Å². The fourth-order valence-electron chi connectivity index (χ4n) is 3.12. The van der Waals surface area contributed by atoms with Gasteiger partial charge in [0, 0.05) is 34.4 Å². The Kier molecular flexibility index (Phi) is 10.9. The number of nitrogens with one attached hydrogen (secondary N) is 1. The molecule has 0 aromatic rings. The molecule has 1 N–H and O–H groups in total. The summed E-state index contributed by atoms with van der Waals surface area (Å²) in [5.74, 6) is 0. The maximum atomic E-state index is 6.08. The molecule has 154 valence electrons. The topological polar surface area (TPSA) is 85.9 Å². The summed E-state index contributed by atoms with van der Waals surface area (Å²) in [6.07, 6.45) is -2.05. The molecule has 5 atom stereocenters. The van der Waals surface area contributed by atoms with E-state index in [1.54, 1.807) is 21.3 Å². The Morgan fingerprint density at radius 1 is 0.808 bits per heavy atom. The summed E-state index contributed by atoms with van der Waals surface area (Å²) in [5, 5.41) is 3.25. The fraction of sp³-hybridized carbons (Fsp3) is 1.00. The van der Waals surface area contributed by atoms with Crippen LogP contribution in [0.15, 0.2) is 0 Å². The van der Waals surface area contributed by atoms with Gasteiger partial charge in [0.25, 0.3) is 0 Å². The van der Waals surface area contributed by atoms with Gasteiger partial charge in [0.2, 0.25) is 0 Å². The van der Waals surface area contributed by atoms with Gasteiger partial charge < -0.3 is 43.2 Å². The zero-order chi connectivity index (χ0) is 18.6. The van der Waals surface area contributed by atoms with Gasteiger partial charge in [-0.1, -0.05) is 0 Å². The van der Waals surface area contributed by atoms with E-state index >= 15 is 0 Å². The second kappa shape index (κ2) is 12.9. The minimum atomic E-state index is -0.579. The van der Waals surface area contributed by atoms with E-state index in [1.165, 1.54) is 0 Å². The summed E-state index contributed by atoms with van der Waals surface area (Å²) in [6, 6.07) is 0. The minimum Gasteiger partial charge on any atom is -0.382 e. The van der Waals surface area contributed by atoms with Crippen molar-refractivity contribution in [1.82, 2.24) is 5.32 Å². The van der Waals surface area contributed by atoms with E-state index < -0.39 is 12.4 Å². The van der Waals surface area contributed by atoms with Crippen molar-refractivity contribution in [2.75, 3.05) is 80.7 Å². The summed E-state index contributed by atoms with van der Waals surface area (Å²) in [4.78, 5) is 0. The van der Waals surface area contributed by atoms with Crippen LogP contribution in [0.2, 0.25) is 0 Å². The lowest BCUT2D eigenvalue weighted by molar-refractivity contribution is -0.316. The van der Waals surface area contributed by atoms with Gasteiger partial charge in [0.15, 0.2) is 6.29 Å². The molecular formula is C17H33NO8. The van der Waals surface area contributed by atoms with Crippen molar-refractivity contribution < 1.29 is 37.9 Å². The molecule has 26 heavy (non-hydrogen) atoms. The number of fused-ring (bicyclic) bond motifs is 1. The monoisotopic (exact) mass is 379 g/mol. The van der Waals surface area contributed by atoms with Crippen molar-refractivity contribution >= 4 is 0 Å². The Bertz CT molecular complexity index is 362. The molecule has 9 heteroatoms. The quantitative estimate of drug-likeness (QED) is 0.690. The van der Waals surface area contributed by atoms with Crippen LogP contribution in [0.3, 0.4) is 0 Å². The number of methoxy groups -OCH3 is 3. The molecule has 2 aliphatic heterocycles. The average Bonchev–Trinajstić information content (AvgIpc) is 2.66. The van der Waals surface area contributed by atoms with Crippen molar-refractivity contribution in [3.8, 4) is 0 Å². The van der Waals surface area contributed by atoms with Crippen LogP contribution in [0.25, 0.3) is 0 Å². The highest BCUT2D eigenvalue weighted by molar-refractivity contribution is 4.92. The molecule has 0 spiro atoms. The molecule has 2 saturated heterocycles. The summed E-state index contributed by atoms with van der Waals surface area (Å²) in [7, 11) is 4.84. The Morgan fingerprint density at radius 2 is 1.46 bits per heavy atom. The third-order valence-electron chi connectivity index (χ3n) is 4.35. The molecule has 9 nitrogen and oxygen atoms in total. The van der Waals surface area contributed by atoms with Crippen LogP contribution in [0.4, 0.5) is 0 Å². The first kappa shape index (κ1) is 21.9. The van der Waals surface area contributed by atoms with E-state index in [2.05, 4.69) is 5.32 Å². The first-order valence-corrected chi connectivity index (χ1v) is 9.11. The Labute approximate surface area is 155 Å². The molecule has 0 aromatic carbocycles. The average molecular weight is 379 g/mol. The molecule has 2 rings (SSSR count). The maximum absolute atomic E-state index is 6.08. The van der Waals surface area contributed by atoms with Crippen molar-refractivity contribution in [2.24, 2.45) is 0 Å². The summed E-state index contributed by atoms with van der Waals surface area (Å²) < 4.78 is 45.6. The van der Waals surface area contributed by atoms with Crippen LogP contribution in [-0.2, 0) is 37.9 Å². The van der Waals surface area contributed by atoms with E-state index in [4.69, 9.17) is 37.9 Å². The molecule has 2 heterocycles. The van der Waals surface area contributed by atoms with Crippen LogP contribution in [0.5, 0.6) is 0 Å². The molecular weight excluding hydrogens is 346 g/mol. The second-order valence-electron chi connectivity index (χ2n) is 6.08. The summed E-state index contributed by atoms with van der Waals surface area (Å²) >= 11 is 0. The highest BCUT2D eigenvalue weighted by atomic mass is 16.7. The Balaban J connectivity index is 2.06. The third kappa shape index (κ3) is 6.66. The standard InChI is InChI=1S/C17H33NO8/c1-19-12-13-14(20-2)15-16(17(21-3)26-13)25-11-9-23-7-5-18-4-6-22-8-10-24-15/h13-18H,4-12H2,1-3H3/t13-,14-,15+,16-,17+/m1/s1. The highest BCUT2D eigenvalue weighted by Gasteiger charge is 2.48. The molecule has 2 aliphatic rings. The van der Waals surface area contributed by atoms with Crippen molar-refractivity contribution in [1.29, 1.82) is 0 Å². The maximum Gasteiger partial charge on any atom is 0.186 e. The summed E-state index contributed by atoms with van der Waals surface area (Å²) in [6.45, 7) is 4.99. The van der Waals surface area contributed by atoms with Gasteiger partial charge in [-0.25, -0.2) is 0 Å². The number of rotatable bonds is 4.